The number of hydrogen-bond acceptors (Lipinski definition) is 4. The van der Waals surface area contributed by atoms with Crippen molar-refractivity contribution in [1.82, 2.24) is 5.32 Å². The molecule has 0 aromatic heterocycles. The molecule has 2 amide bonds. The van der Waals surface area contributed by atoms with E-state index in [1.165, 1.54) is 0 Å². The molecule has 0 bridgehead atoms. The maximum Gasteiger partial charge on any atom is 0.224 e. The van der Waals surface area contributed by atoms with Crippen LogP contribution in [0.5, 0.6) is 0 Å². The first-order valence-electron chi connectivity index (χ1n) is 7.77. The lowest BCUT2D eigenvalue weighted by molar-refractivity contribution is -0.125. The van der Waals surface area contributed by atoms with Gasteiger partial charge in [0.2, 0.25) is 11.8 Å². The van der Waals surface area contributed by atoms with Gasteiger partial charge in [0.1, 0.15) is 0 Å². The van der Waals surface area contributed by atoms with E-state index in [-0.39, 0.29) is 29.4 Å². The van der Waals surface area contributed by atoms with Crippen LogP contribution in [0.2, 0.25) is 0 Å². The maximum absolute atomic E-state index is 12.2. The van der Waals surface area contributed by atoms with Crippen molar-refractivity contribution in [2.75, 3.05) is 16.8 Å². The van der Waals surface area contributed by atoms with Gasteiger partial charge in [-0.3, -0.25) is 9.59 Å². The van der Waals surface area contributed by atoms with E-state index in [4.69, 9.17) is 0 Å². The molecule has 1 aromatic rings. The summed E-state index contributed by atoms with van der Waals surface area (Å²) in [4.78, 5) is 23.6. The van der Waals surface area contributed by atoms with Crippen LogP contribution in [-0.4, -0.2) is 31.7 Å². The van der Waals surface area contributed by atoms with Gasteiger partial charge in [0, 0.05) is 12.1 Å². The van der Waals surface area contributed by atoms with E-state index < -0.39 is 15.8 Å². The Morgan fingerprint density at radius 3 is 2.83 bits per heavy atom. The van der Waals surface area contributed by atoms with Gasteiger partial charge in [-0.15, -0.1) is 0 Å². The predicted molar refractivity (Wildman–Crippen MR) is 86.7 cm³/mol. The standard InChI is InChI=1S/C16H20N2O4S/c1-10(17-16(20)13-6-7-23(21,22)9-13)11-2-4-14-12(8-11)3-5-15(19)18-14/h2,4,8,10,13H,3,5-7,9H2,1H3,(H,17,20)(H,18,19)/t10-,13+/m1/s1. The van der Waals surface area contributed by atoms with Gasteiger partial charge in [-0.25, -0.2) is 8.42 Å². The number of hydrogen-bond donors (Lipinski definition) is 2. The first-order chi connectivity index (χ1) is 10.8. The van der Waals surface area contributed by atoms with Gasteiger partial charge in [-0.2, -0.15) is 0 Å². The lowest BCUT2D eigenvalue weighted by Gasteiger charge is -2.21. The molecule has 2 N–H and O–H groups in total. The Morgan fingerprint density at radius 1 is 1.35 bits per heavy atom. The van der Waals surface area contributed by atoms with Crippen LogP contribution in [0.25, 0.3) is 0 Å². The van der Waals surface area contributed by atoms with E-state index in [0.29, 0.717) is 19.3 Å². The first kappa shape index (κ1) is 16.0. The molecule has 1 aromatic carbocycles. The highest BCUT2D eigenvalue weighted by Crippen LogP contribution is 2.26. The molecule has 0 unspecified atom stereocenters. The second-order valence-electron chi connectivity index (χ2n) is 6.29. The van der Waals surface area contributed by atoms with Crippen LogP contribution in [0, 0.1) is 5.92 Å². The number of carbonyl (C=O) groups excluding carboxylic acids is 2. The molecule has 3 rings (SSSR count). The van der Waals surface area contributed by atoms with Crippen molar-refractivity contribution in [1.29, 1.82) is 0 Å². The number of amides is 2. The molecule has 7 heteroatoms. The Kier molecular flexibility index (Phi) is 4.14. The summed E-state index contributed by atoms with van der Waals surface area (Å²) in [6.45, 7) is 1.88. The number of anilines is 1. The summed E-state index contributed by atoms with van der Waals surface area (Å²) < 4.78 is 22.9. The monoisotopic (exact) mass is 336 g/mol. The predicted octanol–water partition coefficient (Wildman–Crippen LogP) is 1.18. The minimum atomic E-state index is -3.06. The average Bonchev–Trinajstić information content (AvgIpc) is 2.87. The Bertz CT molecular complexity index is 757. The molecule has 2 aliphatic rings. The quantitative estimate of drug-likeness (QED) is 0.867. The van der Waals surface area contributed by atoms with Gasteiger partial charge in [0.25, 0.3) is 0 Å². The SMILES string of the molecule is C[C@@H](NC(=O)[C@H]1CCS(=O)(=O)C1)c1ccc2c(c1)CCC(=O)N2. The molecule has 0 spiro atoms. The molecule has 1 saturated heterocycles. The third-order valence-electron chi connectivity index (χ3n) is 4.49. The highest BCUT2D eigenvalue weighted by Gasteiger charge is 2.33. The van der Waals surface area contributed by atoms with Crippen molar-refractivity contribution in [2.45, 2.75) is 32.2 Å². The maximum atomic E-state index is 12.2. The molecule has 0 saturated carbocycles. The van der Waals surface area contributed by atoms with Crippen LogP contribution in [-0.2, 0) is 25.8 Å². The Hall–Kier alpha value is -1.89. The van der Waals surface area contributed by atoms with Gasteiger partial charge in [-0.1, -0.05) is 12.1 Å². The molecule has 2 aliphatic heterocycles. The number of fused-ring (bicyclic) bond motifs is 1. The normalized spacial score (nSPS) is 23.7. The zero-order valence-electron chi connectivity index (χ0n) is 13.0. The first-order valence-corrected chi connectivity index (χ1v) is 9.60. The summed E-state index contributed by atoms with van der Waals surface area (Å²) in [5.74, 6) is -0.585. The minimum Gasteiger partial charge on any atom is -0.349 e. The Labute approximate surface area is 135 Å². The summed E-state index contributed by atoms with van der Waals surface area (Å²) in [5, 5.41) is 5.73. The fourth-order valence-corrected chi connectivity index (χ4v) is 4.83. The van der Waals surface area contributed by atoms with Gasteiger partial charge in [0.05, 0.1) is 23.5 Å². The zero-order valence-corrected chi connectivity index (χ0v) is 13.8. The van der Waals surface area contributed by atoms with Gasteiger partial charge in [-0.05, 0) is 37.0 Å². The summed E-state index contributed by atoms with van der Waals surface area (Å²) in [7, 11) is -3.06. The second-order valence-corrected chi connectivity index (χ2v) is 8.52. The number of rotatable bonds is 3. The van der Waals surface area contributed by atoms with E-state index >= 15 is 0 Å². The van der Waals surface area contributed by atoms with Gasteiger partial charge in [0.15, 0.2) is 9.84 Å². The topological polar surface area (TPSA) is 92.3 Å². The average molecular weight is 336 g/mol. The fourth-order valence-electron chi connectivity index (χ4n) is 3.09. The van der Waals surface area contributed by atoms with E-state index in [9.17, 15) is 18.0 Å². The Balaban J connectivity index is 1.68. The van der Waals surface area contributed by atoms with Crippen molar-refractivity contribution < 1.29 is 18.0 Å². The van der Waals surface area contributed by atoms with E-state index in [1.54, 1.807) is 0 Å². The molecule has 1 fully saturated rings. The lowest BCUT2D eigenvalue weighted by Crippen LogP contribution is -2.33. The van der Waals surface area contributed by atoms with Gasteiger partial charge >= 0.3 is 0 Å². The second kappa shape index (κ2) is 5.96. The van der Waals surface area contributed by atoms with Crippen LogP contribution in [0.4, 0.5) is 5.69 Å². The van der Waals surface area contributed by atoms with Crippen LogP contribution in [0.1, 0.15) is 36.9 Å². The third-order valence-corrected chi connectivity index (χ3v) is 6.25. The highest BCUT2D eigenvalue weighted by atomic mass is 32.2. The van der Waals surface area contributed by atoms with Crippen molar-refractivity contribution in [2.24, 2.45) is 5.92 Å². The Morgan fingerprint density at radius 2 is 2.13 bits per heavy atom. The number of benzene rings is 1. The fraction of sp³-hybridized carbons (Fsp3) is 0.500. The van der Waals surface area contributed by atoms with Crippen LogP contribution in [0.15, 0.2) is 18.2 Å². The summed E-state index contributed by atoms with van der Waals surface area (Å²) >= 11 is 0. The summed E-state index contributed by atoms with van der Waals surface area (Å²) in [5.41, 5.74) is 2.84. The highest BCUT2D eigenvalue weighted by molar-refractivity contribution is 7.91. The van der Waals surface area contributed by atoms with Crippen molar-refractivity contribution in [3.8, 4) is 0 Å². The number of sulfone groups is 1. The minimum absolute atomic E-state index is 0.0223. The zero-order chi connectivity index (χ0) is 16.6. The van der Waals surface area contributed by atoms with Crippen molar-refractivity contribution in [3.63, 3.8) is 0 Å². The number of carbonyl (C=O) groups is 2. The molecule has 6 nitrogen and oxygen atoms in total. The van der Waals surface area contributed by atoms with Gasteiger partial charge < -0.3 is 10.6 Å². The van der Waals surface area contributed by atoms with Crippen LogP contribution >= 0.6 is 0 Å². The molecule has 23 heavy (non-hydrogen) atoms. The van der Waals surface area contributed by atoms with E-state index in [0.717, 1.165) is 16.8 Å². The molecular weight excluding hydrogens is 316 g/mol. The van der Waals surface area contributed by atoms with E-state index in [2.05, 4.69) is 10.6 Å². The molecular formula is C16H20N2O4S. The molecule has 0 aliphatic carbocycles. The smallest absolute Gasteiger partial charge is 0.224 e. The number of aryl methyl sites for hydroxylation is 1. The van der Waals surface area contributed by atoms with Crippen LogP contribution < -0.4 is 10.6 Å². The molecule has 0 radical (unpaired) electrons. The van der Waals surface area contributed by atoms with Crippen molar-refractivity contribution in [3.05, 3.63) is 29.3 Å². The largest absolute Gasteiger partial charge is 0.349 e. The lowest BCUT2D eigenvalue weighted by atomic mass is 9.97. The van der Waals surface area contributed by atoms with Crippen molar-refractivity contribution >= 4 is 27.3 Å². The molecule has 124 valence electrons. The molecule has 2 heterocycles. The van der Waals surface area contributed by atoms with Crippen LogP contribution in [0.3, 0.4) is 0 Å². The summed E-state index contributed by atoms with van der Waals surface area (Å²) in [6.07, 6.45) is 1.56. The summed E-state index contributed by atoms with van der Waals surface area (Å²) in [6, 6.07) is 5.52. The van der Waals surface area contributed by atoms with E-state index in [1.807, 2.05) is 25.1 Å². The number of nitrogens with one attached hydrogen (secondary N) is 2. The molecule has 2 atom stereocenters. The third kappa shape index (κ3) is 3.55.